The summed E-state index contributed by atoms with van der Waals surface area (Å²) in [6.07, 6.45) is 1.12. The van der Waals surface area contributed by atoms with Gasteiger partial charge in [-0.1, -0.05) is 40.7 Å². The fourth-order valence-corrected chi connectivity index (χ4v) is 2.99. The van der Waals surface area contributed by atoms with E-state index in [1.165, 1.54) is 5.56 Å². The van der Waals surface area contributed by atoms with Crippen molar-refractivity contribution in [2.24, 2.45) is 5.41 Å². The van der Waals surface area contributed by atoms with Crippen molar-refractivity contribution in [2.45, 2.75) is 46.5 Å². The second-order valence-electron chi connectivity index (χ2n) is 6.85. The summed E-state index contributed by atoms with van der Waals surface area (Å²) in [5.41, 5.74) is 3.54. The molecule has 98 valence electrons. The van der Waals surface area contributed by atoms with Crippen LogP contribution in [-0.4, -0.2) is 4.98 Å². The maximum absolute atomic E-state index is 5.49. The lowest BCUT2D eigenvalue weighted by molar-refractivity contribution is 0.284. The van der Waals surface area contributed by atoms with Crippen molar-refractivity contribution < 1.29 is 4.42 Å². The van der Waals surface area contributed by atoms with Crippen LogP contribution in [0.15, 0.2) is 22.6 Å². The van der Waals surface area contributed by atoms with Crippen molar-refractivity contribution in [1.82, 2.24) is 4.98 Å². The maximum Gasteiger partial charge on any atom is 0.266 e. The molecular formula is C15H21NOS. The number of hydrogen-bond donors (Lipinski definition) is 1. The Morgan fingerprint density at radius 3 is 2.44 bits per heavy atom. The Bertz CT molecular complexity index is 613. The summed E-state index contributed by atoms with van der Waals surface area (Å²) in [5, 5.41) is 0. The molecule has 0 aliphatic heterocycles. The zero-order valence-corrected chi connectivity index (χ0v) is 12.6. The van der Waals surface area contributed by atoms with Gasteiger partial charge >= 0.3 is 0 Å². The molecule has 1 N–H and O–H groups in total. The van der Waals surface area contributed by atoms with E-state index in [4.69, 9.17) is 16.6 Å². The van der Waals surface area contributed by atoms with E-state index in [-0.39, 0.29) is 5.41 Å². The van der Waals surface area contributed by atoms with Gasteiger partial charge in [0.25, 0.3) is 4.84 Å². The molecule has 0 amide bonds. The van der Waals surface area contributed by atoms with Gasteiger partial charge in [-0.15, -0.1) is 0 Å². The molecule has 18 heavy (non-hydrogen) atoms. The highest BCUT2D eigenvalue weighted by molar-refractivity contribution is 7.71. The molecule has 2 aromatic rings. The largest absolute Gasteiger partial charge is 0.429 e. The third-order valence-electron chi connectivity index (χ3n) is 3.17. The predicted octanol–water partition coefficient (Wildman–Crippen LogP) is 5.20. The molecule has 0 aliphatic rings. The van der Waals surface area contributed by atoms with Crippen molar-refractivity contribution in [1.29, 1.82) is 0 Å². The molecule has 1 aromatic heterocycles. The second-order valence-corrected chi connectivity index (χ2v) is 7.22. The van der Waals surface area contributed by atoms with E-state index in [1.54, 1.807) is 0 Å². The Balaban J connectivity index is 2.43. The summed E-state index contributed by atoms with van der Waals surface area (Å²) in [6, 6.07) is 6.32. The lowest BCUT2D eigenvalue weighted by Gasteiger charge is -2.32. The van der Waals surface area contributed by atoms with Crippen molar-refractivity contribution in [2.75, 3.05) is 0 Å². The number of rotatable bonds is 2. The summed E-state index contributed by atoms with van der Waals surface area (Å²) in [7, 11) is 0. The molecule has 0 saturated carbocycles. The molecule has 1 aromatic carbocycles. The number of nitrogens with one attached hydrogen (secondary N) is 1. The number of fused-ring (bicyclic) bond motifs is 1. The van der Waals surface area contributed by atoms with Crippen LogP contribution >= 0.6 is 12.2 Å². The highest BCUT2D eigenvalue weighted by atomic mass is 32.1. The van der Waals surface area contributed by atoms with Gasteiger partial charge in [0.05, 0.1) is 5.52 Å². The molecule has 0 atom stereocenters. The highest BCUT2D eigenvalue weighted by Gasteiger charge is 2.27. The average Bonchev–Trinajstić information content (AvgIpc) is 2.52. The topological polar surface area (TPSA) is 28.9 Å². The van der Waals surface area contributed by atoms with Crippen LogP contribution in [0.2, 0.25) is 0 Å². The molecule has 1 heterocycles. The van der Waals surface area contributed by atoms with E-state index in [9.17, 15) is 0 Å². The van der Waals surface area contributed by atoms with E-state index in [0.29, 0.717) is 10.3 Å². The van der Waals surface area contributed by atoms with Crippen molar-refractivity contribution >= 4 is 23.3 Å². The van der Waals surface area contributed by atoms with Crippen molar-refractivity contribution in [3.8, 4) is 0 Å². The smallest absolute Gasteiger partial charge is 0.266 e. The Hall–Kier alpha value is -1.09. The van der Waals surface area contributed by atoms with Gasteiger partial charge in [0, 0.05) is 0 Å². The van der Waals surface area contributed by atoms with Crippen LogP contribution < -0.4 is 0 Å². The van der Waals surface area contributed by atoms with E-state index in [2.05, 4.69) is 51.7 Å². The van der Waals surface area contributed by atoms with Gasteiger partial charge < -0.3 is 9.40 Å². The van der Waals surface area contributed by atoms with Crippen LogP contribution in [0.1, 0.15) is 46.6 Å². The molecule has 0 aliphatic carbocycles. The lowest BCUT2D eigenvalue weighted by atomic mass is 9.72. The van der Waals surface area contributed by atoms with Gasteiger partial charge in [0.2, 0.25) is 0 Å². The van der Waals surface area contributed by atoms with Crippen LogP contribution in [-0.2, 0) is 5.41 Å². The van der Waals surface area contributed by atoms with E-state index >= 15 is 0 Å². The van der Waals surface area contributed by atoms with E-state index in [1.807, 2.05) is 6.07 Å². The number of H-pyrrole nitrogens is 1. The quantitative estimate of drug-likeness (QED) is 0.754. The van der Waals surface area contributed by atoms with Crippen LogP contribution in [0, 0.1) is 10.3 Å². The Kier molecular flexibility index (Phi) is 3.14. The summed E-state index contributed by atoms with van der Waals surface area (Å²) in [5.74, 6) is 0. The number of aromatic amines is 1. The van der Waals surface area contributed by atoms with Crippen molar-refractivity contribution in [3.05, 3.63) is 28.6 Å². The molecule has 0 spiro atoms. The van der Waals surface area contributed by atoms with Gasteiger partial charge in [-0.3, -0.25) is 0 Å². The first-order valence-corrected chi connectivity index (χ1v) is 6.72. The number of benzene rings is 1. The highest BCUT2D eigenvalue weighted by Crippen LogP contribution is 2.37. The van der Waals surface area contributed by atoms with Crippen LogP contribution in [0.25, 0.3) is 11.1 Å². The molecule has 3 heteroatoms. The zero-order chi connectivity index (χ0) is 13.6. The van der Waals surface area contributed by atoms with Gasteiger partial charge in [-0.25, -0.2) is 0 Å². The van der Waals surface area contributed by atoms with Gasteiger partial charge in [0.15, 0.2) is 5.58 Å². The summed E-state index contributed by atoms with van der Waals surface area (Å²) < 4.78 is 5.49. The predicted molar refractivity (Wildman–Crippen MR) is 78.5 cm³/mol. The minimum absolute atomic E-state index is 0.126. The van der Waals surface area contributed by atoms with Crippen LogP contribution in [0.3, 0.4) is 0 Å². The molecule has 0 radical (unpaired) electrons. The third-order valence-corrected chi connectivity index (χ3v) is 3.36. The standard InChI is InChI=1S/C15H21NOS/c1-14(2,3)9-15(4,5)10-6-7-11-12(8-10)17-13(18)16-11/h6-8H,9H2,1-5H3,(H,16,18). The summed E-state index contributed by atoms with van der Waals surface area (Å²) in [6.45, 7) is 11.4. The number of hydrogen-bond acceptors (Lipinski definition) is 2. The SMILES string of the molecule is CC(C)(C)CC(C)(C)c1ccc2[nH]c(=S)oc2c1. The average molecular weight is 263 g/mol. The fourth-order valence-electron chi connectivity index (χ4n) is 2.79. The lowest BCUT2D eigenvalue weighted by Crippen LogP contribution is -2.24. The van der Waals surface area contributed by atoms with Gasteiger partial charge in [-0.2, -0.15) is 0 Å². The molecular weight excluding hydrogens is 242 g/mol. The first kappa shape index (κ1) is 13.3. The van der Waals surface area contributed by atoms with E-state index < -0.39 is 0 Å². The Labute approximate surface area is 113 Å². The molecule has 0 bridgehead atoms. The van der Waals surface area contributed by atoms with Crippen LogP contribution in [0.4, 0.5) is 0 Å². The number of aromatic nitrogens is 1. The molecule has 2 nitrogen and oxygen atoms in total. The minimum Gasteiger partial charge on any atom is -0.429 e. The van der Waals surface area contributed by atoms with Crippen LogP contribution in [0.5, 0.6) is 0 Å². The summed E-state index contributed by atoms with van der Waals surface area (Å²) in [4.78, 5) is 3.47. The second kappa shape index (κ2) is 4.23. The summed E-state index contributed by atoms with van der Waals surface area (Å²) >= 11 is 5.02. The number of oxazole rings is 1. The van der Waals surface area contributed by atoms with Gasteiger partial charge in [-0.05, 0) is 47.2 Å². The fraction of sp³-hybridized carbons (Fsp3) is 0.533. The minimum atomic E-state index is 0.126. The Morgan fingerprint density at radius 1 is 1.17 bits per heavy atom. The monoisotopic (exact) mass is 263 g/mol. The third kappa shape index (κ3) is 2.83. The Morgan fingerprint density at radius 2 is 1.83 bits per heavy atom. The first-order valence-electron chi connectivity index (χ1n) is 6.31. The first-order chi connectivity index (χ1) is 8.17. The molecule has 2 rings (SSSR count). The molecule has 0 fully saturated rings. The van der Waals surface area contributed by atoms with Gasteiger partial charge in [0.1, 0.15) is 0 Å². The van der Waals surface area contributed by atoms with Crippen molar-refractivity contribution in [3.63, 3.8) is 0 Å². The normalized spacial score (nSPS) is 13.2. The van der Waals surface area contributed by atoms with E-state index in [0.717, 1.165) is 17.5 Å². The maximum atomic E-state index is 5.49. The zero-order valence-electron chi connectivity index (χ0n) is 11.8. The molecule has 0 saturated heterocycles. The molecule has 0 unspecified atom stereocenters.